The second kappa shape index (κ2) is 5.41. The summed E-state index contributed by atoms with van der Waals surface area (Å²) in [4.78, 5) is 7.49. The van der Waals surface area contributed by atoms with E-state index in [9.17, 15) is 0 Å². The Balaban J connectivity index is 2.35. The van der Waals surface area contributed by atoms with Gasteiger partial charge < -0.3 is 0 Å². The topological polar surface area (TPSA) is 0 Å². The minimum atomic E-state index is -1.51. The minimum absolute atomic E-state index is 0.837. The van der Waals surface area contributed by atoms with Crippen LogP contribution in [0.1, 0.15) is 12.0 Å². The van der Waals surface area contributed by atoms with Crippen LogP contribution < -0.4 is 0 Å². The Morgan fingerprint density at radius 3 is 2.14 bits per heavy atom. The van der Waals surface area contributed by atoms with Crippen LogP contribution in [0.2, 0.25) is 24.3 Å². The summed E-state index contributed by atoms with van der Waals surface area (Å²) in [6.07, 6.45) is 2.56. The third kappa shape index (κ3) is 5.25. The first kappa shape index (κ1) is 12.4. The zero-order valence-electron chi connectivity index (χ0n) is 9.31. The van der Waals surface area contributed by atoms with Gasteiger partial charge in [-0.15, -0.1) is 0 Å². The van der Waals surface area contributed by atoms with Crippen LogP contribution >= 0.6 is 11.6 Å². The molecular weight excluding hydrogens is 298 g/mol. The Hall–Kier alpha value is 0.309. The number of hydrogen-bond acceptors (Lipinski definition) is 0. The van der Waals surface area contributed by atoms with Crippen molar-refractivity contribution in [2.45, 2.75) is 32.1 Å². The maximum atomic E-state index is 5.83. The molecule has 0 spiro atoms. The Bertz CT molecular complexity index is 271. The molecule has 0 bridgehead atoms. The molecule has 0 fully saturated rings. The van der Waals surface area contributed by atoms with Crippen LogP contribution in [0, 0.1) is 0 Å². The van der Waals surface area contributed by atoms with Crippen molar-refractivity contribution in [3.8, 4) is 0 Å². The van der Waals surface area contributed by atoms with Crippen molar-refractivity contribution in [2.75, 3.05) is 0 Å². The van der Waals surface area contributed by atoms with Gasteiger partial charge in [-0.1, -0.05) is 0 Å². The quantitative estimate of drug-likeness (QED) is 0.711. The van der Waals surface area contributed by atoms with E-state index in [1.807, 2.05) is 12.1 Å². The van der Waals surface area contributed by atoms with Crippen LogP contribution in [0.5, 0.6) is 0 Å². The van der Waals surface area contributed by atoms with E-state index in [4.69, 9.17) is 11.6 Å². The van der Waals surface area contributed by atoms with E-state index in [1.54, 1.807) is 0 Å². The fourth-order valence-electron chi connectivity index (χ4n) is 1.47. The van der Waals surface area contributed by atoms with E-state index in [2.05, 4.69) is 27.0 Å². The molecule has 0 saturated carbocycles. The summed E-state index contributed by atoms with van der Waals surface area (Å²) in [6.45, 7) is 0. The molecule has 0 aliphatic heterocycles. The van der Waals surface area contributed by atoms with E-state index in [0.29, 0.717) is 0 Å². The molecule has 0 heterocycles. The van der Waals surface area contributed by atoms with Crippen LogP contribution in [-0.2, 0) is 6.42 Å². The second-order valence-corrected chi connectivity index (χ2v) is 21.5. The molecule has 0 saturated heterocycles. The Labute approximate surface area is 96.5 Å². The van der Waals surface area contributed by atoms with Crippen molar-refractivity contribution in [2.24, 2.45) is 0 Å². The van der Waals surface area contributed by atoms with Gasteiger partial charge in [0.05, 0.1) is 0 Å². The fourth-order valence-corrected chi connectivity index (χ4v) is 5.13. The molecule has 0 N–H and O–H groups in total. The number of aryl methyl sites for hydroxylation is 1. The molecule has 0 aliphatic rings. The van der Waals surface area contributed by atoms with Crippen LogP contribution in [0.15, 0.2) is 24.3 Å². The third-order valence-electron chi connectivity index (χ3n) is 2.31. The Morgan fingerprint density at radius 2 is 1.64 bits per heavy atom. The predicted octanol–water partition coefficient (Wildman–Crippen LogP) is 4.61. The van der Waals surface area contributed by atoms with Gasteiger partial charge in [0, 0.05) is 0 Å². The molecular formula is C12H19ClSn. The monoisotopic (exact) mass is 318 g/mol. The van der Waals surface area contributed by atoms with Crippen molar-refractivity contribution in [3.05, 3.63) is 34.9 Å². The van der Waals surface area contributed by atoms with Gasteiger partial charge in [0.15, 0.2) is 0 Å². The molecule has 2 heteroatoms. The van der Waals surface area contributed by atoms with E-state index < -0.39 is 18.4 Å². The molecule has 78 valence electrons. The van der Waals surface area contributed by atoms with Gasteiger partial charge in [-0.25, -0.2) is 0 Å². The van der Waals surface area contributed by atoms with Crippen molar-refractivity contribution < 1.29 is 0 Å². The summed E-state index contributed by atoms with van der Waals surface area (Å²) in [5.41, 5.74) is 1.42. The first-order valence-electron chi connectivity index (χ1n) is 5.22. The van der Waals surface area contributed by atoms with E-state index in [1.165, 1.54) is 22.8 Å². The number of halogens is 1. The van der Waals surface area contributed by atoms with Gasteiger partial charge in [0.1, 0.15) is 0 Å². The van der Waals surface area contributed by atoms with Crippen molar-refractivity contribution >= 4 is 30.0 Å². The molecule has 0 nitrogen and oxygen atoms in total. The first-order chi connectivity index (χ1) is 6.47. The summed E-state index contributed by atoms with van der Waals surface area (Å²) in [6, 6.07) is 8.25. The number of hydrogen-bond donors (Lipinski definition) is 0. The molecule has 1 aromatic rings. The van der Waals surface area contributed by atoms with Gasteiger partial charge in [-0.3, -0.25) is 0 Å². The summed E-state index contributed by atoms with van der Waals surface area (Å²) in [7, 11) is 0. The predicted molar refractivity (Wildman–Crippen MR) is 67.9 cm³/mol. The molecule has 0 amide bonds. The SMILES string of the molecule is [CH3][Sn]([CH3])([CH3])[CH2]CCc1ccc(Cl)cc1. The molecule has 0 aromatic heterocycles. The summed E-state index contributed by atoms with van der Waals surface area (Å²) >= 11 is 4.32. The zero-order valence-corrected chi connectivity index (χ0v) is 12.9. The van der Waals surface area contributed by atoms with Gasteiger partial charge in [-0.05, 0) is 0 Å². The average molecular weight is 317 g/mol. The van der Waals surface area contributed by atoms with Crippen LogP contribution in [0.3, 0.4) is 0 Å². The summed E-state index contributed by atoms with van der Waals surface area (Å²) in [5.74, 6) is 0. The Morgan fingerprint density at radius 1 is 1.07 bits per heavy atom. The van der Waals surface area contributed by atoms with Crippen molar-refractivity contribution in [3.63, 3.8) is 0 Å². The van der Waals surface area contributed by atoms with E-state index in [0.717, 1.165) is 5.02 Å². The standard InChI is InChI=1S/C9H10Cl.3CH3.Sn/c1-2-3-8-4-6-9(10)7-5-8;;;;/h4-7H,1-3H2;3*1H3;. The zero-order chi connectivity index (χ0) is 10.6. The van der Waals surface area contributed by atoms with Gasteiger partial charge in [-0.2, -0.15) is 0 Å². The number of rotatable bonds is 4. The number of benzene rings is 1. The van der Waals surface area contributed by atoms with E-state index >= 15 is 0 Å². The van der Waals surface area contributed by atoms with Gasteiger partial charge >= 0.3 is 96.9 Å². The molecule has 14 heavy (non-hydrogen) atoms. The Kier molecular flexibility index (Phi) is 4.78. The first-order valence-corrected chi connectivity index (χ1v) is 16.2. The van der Waals surface area contributed by atoms with Crippen molar-refractivity contribution in [1.82, 2.24) is 0 Å². The second-order valence-electron chi connectivity index (χ2n) is 5.04. The summed E-state index contributed by atoms with van der Waals surface area (Å²) in [5, 5.41) is 0.837. The summed E-state index contributed by atoms with van der Waals surface area (Å²) < 4.78 is 1.48. The molecule has 0 aliphatic carbocycles. The molecule has 0 radical (unpaired) electrons. The van der Waals surface area contributed by atoms with E-state index in [-0.39, 0.29) is 0 Å². The molecule has 0 atom stereocenters. The maximum absolute atomic E-state index is 5.83. The molecule has 0 unspecified atom stereocenters. The van der Waals surface area contributed by atoms with Crippen LogP contribution in [-0.4, -0.2) is 18.4 Å². The third-order valence-corrected chi connectivity index (χ3v) is 7.85. The average Bonchev–Trinajstić information content (AvgIpc) is 2.06. The van der Waals surface area contributed by atoms with Crippen LogP contribution in [0.25, 0.3) is 0 Å². The normalized spacial score (nSPS) is 11.7. The van der Waals surface area contributed by atoms with Crippen molar-refractivity contribution in [1.29, 1.82) is 0 Å². The van der Waals surface area contributed by atoms with Gasteiger partial charge in [0.2, 0.25) is 0 Å². The van der Waals surface area contributed by atoms with Crippen LogP contribution in [0.4, 0.5) is 0 Å². The fraction of sp³-hybridized carbons (Fsp3) is 0.500. The molecule has 1 aromatic carbocycles. The van der Waals surface area contributed by atoms with Gasteiger partial charge in [0.25, 0.3) is 0 Å². The molecule has 1 rings (SSSR count).